The van der Waals surface area contributed by atoms with Crippen molar-refractivity contribution in [2.75, 3.05) is 19.7 Å². The monoisotopic (exact) mass is 251 g/mol. The van der Waals surface area contributed by atoms with Gasteiger partial charge in [-0.15, -0.1) is 0 Å². The summed E-state index contributed by atoms with van der Waals surface area (Å²) in [7, 11) is 0. The molecule has 1 N–H and O–H groups in total. The van der Waals surface area contributed by atoms with Crippen LogP contribution >= 0.6 is 0 Å². The Morgan fingerprint density at radius 1 is 1.17 bits per heavy atom. The van der Waals surface area contributed by atoms with Crippen molar-refractivity contribution >= 4 is 0 Å². The summed E-state index contributed by atoms with van der Waals surface area (Å²) in [5.74, 6) is 0. The Balaban J connectivity index is 1.57. The molecule has 1 aliphatic heterocycles. The fourth-order valence-corrected chi connectivity index (χ4v) is 2.76. The molecule has 2 heterocycles. The molecule has 1 aliphatic rings. The van der Waals surface area contributed by atoms with Crippen LogP contribution < -0.4 is 0 Å². The first-order valence-electron chi connectivity index (χ1n) is 7.22. The SMILES string of the molecule is OC[C@H]1CCCCN1CCCCCn1cccn1. The lowest BCUT2D eigenvalue weighted by atomic mass is 10.0. The minimum absolute atomic E-state index is 0.327. The van der Waals surface area contributed by atoms with Gasteiger partial charge in [0.15, 0.2) is 0 Å². The molecule has 0 spiro atoms. The Bertz CT molecular complexity index is 313. The van der Waals surface area contributed by atoms with Crippen LogP contribution in [0.5, 0.6) is 0 Å². The Morgan fingerprint density at radius 2 is 2.06 bits per heavy atom. The third-order valence-corrected chi connectivity index (χ3v) is 3.85. The minimum atomic E-state index is 0.327. The van der Waals surface area contributed by atoms with Crippen molar-refractivity contribution in [3.63, 3.8) is 0 Å². The normalized spacial score (nSPS) is 21.3. The van der Waals surface area contributed by atoms with Gasteiger partial charge in [0.05, 0.1) is 6.61 Å². The van der Waals surface area contributed by atoms with E-state index < -0.39 is 0 Å². The number of aliphatic hydroxyl groups is 1. The van der Waals surface area contributed by atoms with E-state index in [1.165, 1.54) is 45.1 Å². The van der Waals surface area contributed by atoms with Crippen LogP contribution in [0.25, 0.3) is 0 Å². The number of hydrogen-bond donors (Lipinski definition) is 1. The molecule has 0 aliphatic carbocycles. The third-order valence-electron chi connectivity index (χ3n) is 3.85. The maximum absolute atomic E-state index is 9.34. The minimum Gasteiger partial charge on any atom is -0.395 e. The number of aryl methyl sites for hydroxylation is 1. The molecule has 1 aromatic rings. The number of aliphatic hydroxyl groups excluding tert-OH is 1. The molecule has 0 bridgehead atoms. The van der Waals surface area contributed by atoms with Crippen LogP contribution in [0.2, 0.25) is 0 Å². The van der Waals surface area contributed by atoms with Crippen molar-refractivity contribution in [1.29, 1.82) is 0 Å². The standard InChI is InChI=1S/C14H25N3O/c18-13-14-7-2-5-10-16(14)9-3-1-4-11-17-12-6-8-15-17/h6,8,12,14,18H,1-5,7,9-11,13H2/t14-/m1/s1. The summed E-state index contributed by atoms with van der Waals surface area (Å²) in [5, 5.41) is 13.5. The lowest BCUT2D eigenvalue weighted by molar-refractivity contribution is 0.0885. The summed E-state index contributed by atoms with van der Waals surface area (Å²) >= 11 is 0. The van der Waals surface area contributed by atoms with Crippen LogP contribution in [0.15, 0.2) is 18.5 Å². The molecule has 1 saturated heterocycles. The molecular formula is C14H25N3O. The highest BCUT2D eigenvalue weighted by molar-refractivity contribution is 4.78. The van der Waals surface area contributed by atoms with Gasteiger partial charge in [0, 0.05) is 25.0 Å². The highest BCUT2D eigenvalue weighted by Crippen LogP contribution is 2.17. The number of hydrogen-bond acceptors (Lipinski definition) is 3. The maximum Gasteiger partial charge on any atom is 0.0586 e. The van der Waals surface area contributed by atoms with Crippen molar-refractivity contribution < 1.29 is 5.11 Å². The van der Waals surface area contributed by atoms with Crippen LogP contribution in [0.4, 0.5) is 0 Å². The zero-order valence-electron chi connectivity index (χ0n) is 11.2. The average molecular weight is 251 g/mol. The summed E-state index contributed by atoms with van der Waals surface area (Å²) < 4.78 is 2.00. The smallest absolute Gasteiger partial charge is 0.0586 e. The average Bonchev–Trinajstić information content (AvgIpc) is 2.92. The summed E-state index contributed by atoms with van der Waals surface area (Å²) in [5.41, 5.74) is 0. The molecule has 0 amide bonds. The van der Waals surface area contributed by atoms with E-state index in [9.17, 15) is 5.11 Å². The van der Waals surface area contributed by atoms with E-state index in [2.05, 4.69) is 10.00 Å². The fraction of sp³-hybridized carbons (Fsp3) is 0.786. The molecule has 0 radical (unpaired) electrons. The Hall–Kier alpha value is -0.870. The van der Waals surface area contributed by atoms with Crippen molar-refractivity contribution in [3.8, 4) is 0 Å². The van der Waals surface area contributed by atoms with E-state index in [1.807, 2.05) is 23.1 Å². The second-order valence-corrected chi connectivity index (χ2v) is 5.20. The highest BCUT2D eigenvalue weighted by atomic mass is 16.3. The molecule has 4 heteroatoms. The van der Waals surface area contributed by atoms with Gasteiger partial charge in [-0.3, -0.25) is 9.58 Å². The van der Waals surface area contributed by atoms with Gasteiger partial charge in [0.1, 0.15) is 0 Å². The molecule has 1 aromatic heterocycles. The van der Waals surface area contributed by atoms with Crippen molar-refractivity contribution in [2.45, 2.75) is 51.1 Å². The molecule has 0 saturated carbocycles. The predicted octanol–water partition coefficient (Wildman–Crippen LogP) is 1.90. The van der Waals surface area contributed by atoms with Crippen molar-refractivity contribution in [2.24, 2.45) is 0 Å². The lowest BCUT2D eigenvalue weighted by Crippen LogP contribution is -2.42. The number of nitrogens with zero attached hydrogens (tertiary/aromatic N) is 3. The third kappa shape index (κ3) is 4.10. The topological polar surface area (TPSA) is 41.3 Å². The number of piperidine rings is 1. The van der Waals surface area contributed by atoms with Crippen LogP contribution in [0.3, 0.4) is 0 Å². The Morgan fingerprint density at radius 3 is 2.83 bits per heavy atom. The van der Waals surface area contributed by atoms with E-state index in [0.29, 0.717) is 12.6 Å². The Kier molecular flexibility index (Phi) is 5.68. The van der Waals surface area contributed by atoms with Gasteiger partial charge >= 0.3 is 0 Å². The number of rotatable bonds is 7. The maximum atomic E-state index is 9.34. The van der Waals surface area contributed by atoms with Gasteiger partial charge in [0.2, 0.25) is 0 Å². The second-order valence-electron chi connectivity index (χ2n) is 5.20. The highest BCUT2D eigenvalue weighted by Gasteiger charge is 2.20. The van der Waals surface area contributed by atoms with E-state index in [4.69, 9.17) is 0 Å². The Labute approximate surface area is 110 Å². The number of unbranched alkanes of at least 4 members (excludes halogenated alkanes) is 2. The van der Waals surface area contributed by atoms with Gasteiger partial charge in [-0.1, -0.05) is 12.8 Å². The summed E-state index contributed by atoms with van der Waals surface area (Å²) in [6.07, 6.45) is 11.3. The first-order chi connectivity index (χ1) is 8.90. The lowest BCUT2D eigenvalue weighted by Gasteiger charge is -2.34. The molecule has 4 nitrogen and oxygen atoms in total. The van der Waals surface area contributed by atoms with Crippen molar-refractivity contribution in [1.82, 2.24) is 14.7 Å². The van der Waals surface area contributed by atoms with E-state index in [-0.39, 0.29) is 0 Å². The fourth-order valence-electron chi connectivity index (χ4n) is 2.76. The quantitative estimate of drug-likeness (QED) is 0.753. The first kappa shape index (κ1) is 13.6. The zero-order chi connectivity index (χ0) is 12.6. The van der Waals surface area contributed by atoms with E-state index >= 15 is 0 Å². The first-order valence-corrected chi connectivity index (χ1v) is 7.22. The summed E-state index contributed by atoms with van der Waals surface area (Å²) in [6, 6.07) is 2.39. The van der Waals surface area contributed by atoms with Crippen molar-refractivity contribution in [3.05, 3.63) is 18.5 Å². The molecule has 18 heavy (non-hydrogen) atoms. The van der Waals surface area contributed by atoms with Crippen LogP contribution in [0, 0.1) is 0 Å². The molecule has 1 atom stereocenters. The van der Waals surface area contributed by atoms with E-state index in [1.54, 1.807) is 0 Å². The second kappa shape index (κ2) is 7.54. The van der Waals surface area contributed by atoms with E-state index in [0.717, 1.165) is 13.1 Å². The van der Waals surface area contributed by atoms with Gasteiger partial charge < -0.3 is 5.11 Å². The van der Waals surface area contributed by atoms with Gasteiger partial charge in [-0.2, -0.15) is 5.10 Å². The predicted molar refractivity (Wildman–Crippen MR) is 72.4 cm³/mol. The molecule has 0 aromatic carbocycles. The summed E-state index contributed by atoms with van der Waals surface area (Å²) in [6.45, 7) is 3.67. The zero-order valence-corrected chi connectivity index (χ0v) is 11.2. The van der Waals surface area contributed by atoms with Gasteiger partial charge in [-0.25, -0.2) is 0 Å². The molecule has 1 fully saturated rings. The molecular weight excluding hydrogens is 226 g/mol. The van der Waals surface area contributed by atoms with Crippen LogP contribution in [0.1, 0.15) is 38.5 Å². The van der Waals surface area contributed by atoms with Gasteiger partial charge in [-0.05, 0) is 44.8 Å². The summed E-state index contributed by atoms with van der Waals surface area (Å²) in [4.78, 5) is 2.47. The van der Waals surface area contributed by atoms with Crippen LogP contribution in [-0.4, -0.2) is 45.5 Å². The van der Waals surface area contributed by atoms with Crippen LogP contribution in [-0.2, 0) is 6.54 Å². The molecule has 102 valence electrons. The van der Waals surface area contributed by atoms with Gasteiger partial charge in [0.25, 0.3) is 0 Å². The largest absolute Gasteiger partial charge is 0.395 e. The number of likely N-dealkylation sites (tertiary alicyclic amines) is 1. The molecule has 2 rings (SSSR count). The molecule has 0 unspecified atom stereocenters. The number of aromatic nitrogens is 2.